The Morgan fingerprint density at radius 2 is 0.818 bits per heavy atom. The first-order valence-corrected chi connectivity index (χ1v) is 23.2. The van der Waals surface area contributed by atoms with Crippen molar-refractivity contribution < 1.29 is 19.4 Å². The Kier molecular flexibility index (Phi) is 45.6. The minimum absolute atomic E-state index is 0.188. The number of aliphatic hydroxyl groups excluding tert-OH is 1. The summed E-state index contributed by atoms with van der Waals surface area (Å²) in [5, 5.41) is 9.62. The van der Waals surface area contributed by atoms with Gasteiger partial charge in [-0.05, 0) is 70.6 Å². The molecule has 0 rings (SSSR count). The number of allylic oxidation sites excluding steroid dienone is 14. The summed E-state index contributed by atoms with van der Waals surface area (Å²) < 4.78 is 11.2. The van der Waals surface area contributed by atoms with E-state index < -0.39 is 6.10 Å². The molecule has 0 aromatic carbocycles. The van der Waals surface area contributed by atoms with Crippen LogP contribution in [0.5, 0.6) is 0 Å². The average molecular weight is 765 g/mol. The van der Waals surface area contributed by atoms with Crippen molar-refractivity contribution in [2.75, 3.05) is 19.8 Å². The fraction of sp³-hybridized carbons (Fsp3) is 0.706. The van der Waals surface area contributed by atoms with Crippen molar-refractivity contribution in [1.29, 1.82) is 0 Å². The topological polar surface area (TPSA) is 55.8 Å². The Balaban J connectivity index is 3.54. The zero-order valence-corrected chi connectivity index (χ0v) is 36.2. The fourth-order valence-electron chi connectivity index (χ4n) is 6.31. The zero-order valence-electron chi connectivity index (χ0n) is 36.2. The molecule has 0 aliphatic heterocycles. The summed E-state index contributed by atoms with van der Waals surface area (Å²) >= 11 is 0. The van der Waals surface area contributed by atoms with Crippen LogP contribution in [0.2, 0.25) is 0 Å². The average Bonchev–Trinajstić information content (AvgIpc) is 3.19. The van der Waals surface area contributed by atoms with Crippen LogP contribution in [0.1, 0.15) is 206 Å². The number of hydrogen-bond donors (Lipinski definition) is 1. The van der Waals surface area contributed by atoms with Crippen LogP contribution < -0.4 is 0 Å². The first kappa shape index (κ1) is 52.6. The Hall–Kier alpha value is -2.43. The van der Waals surface area contributed by atoms with Crippen LogP contribution in [-0.2, 0) is 14.3 Å². The number of ether oxygens (including phenoxy) is 2. The van der Waals surface area contributed by atoms with Crippen molar-refractivity contribution in [3.63, 3.8) is 0 Å². The van der Waals surface area contributed by atoms with Gasteiger partial charge in [0, 0.05) is 13.0 Å². The standard InChI is InChI=1S/C51H88O4/c1-3-5-7-9-11-13-15-17-19-21-23-24-25-26-27-28-29-30-32-34-36-38-40-42-44-46-51(53)55-50(48-52)49-54-47-45-43-41-39-37-35-33-31-22-20-18-16-14-12-10-8-6-4-2/h5,7,11,13,17,19,23-24,26-27,29-30,34,36,50,52H,3-4,6,8-10,12,14-16,18,20-22,25,28,31-33,35,37-49H2,1-2H3/b7-5-,13-11-,19-17-,24-23-,27-26-,30-29-,36-34-. The third-order valence-corrected chi connectivity index (χ3v) is 9.73. The lowest BCUT2D eigenvalue weighted by Crippen LogP contribution is -2.27. The van der Waals surface area contributed by atoms with Gasteiger partial charge in [0.1, 0.15) is 6.10 Å². The number of carbonyl (C=O) groups is 1. The van der Waals surface area contributed by atoms with Gasteiger partial charge in [-0.2, -0.15) is 0 Å². The predicted molar refractivity (Wildman–Crippen MR) is 242 cm³/mol. The quantitative estimate of drug-likeness (QED) is 0.0382. The number of unbranched alkanes of at least 4 members (excludes halogenated alkanes) is 20. The molecule has 4 heteroatoms. The third kappa shape index (κ3) is 45.9. The maximum Gasteiger partial charge on any atom is 0.306 e. The molecule has 316 valence electrons. The first-order chi connectivity index (χ1) is 27.2. The van der Waals surface area contributed by atoms with Gasteiger partial charge in [-0.15, -0.1) is 0 Å². The molecule has 0 radical (unpaired) electrons. The van der Waals surface area contributed by atoms with Gasteiger partial charge in [0.25, 0.3) is 0 Å². The molecule has 0 aliphatic rings. The van der Waals surface area contributed by atoms with Gasteiger partial charge in [-0.25, -0.2) is 0 Å². The maximum atomic E-state index is 12.2. The van der Waals surface area contributed by atoms with Gasteiger partial charge in [0.05, 0.1) is 13.2 Å². The molecule has 0 amide bonds. The van der Waals surface area contributed by atoms with Gasteiger partial charge in [0.15, 0.2) is 0 Å². The van der Waals surface area contributed by atoms with E-state index >= 15 is 0 Å². The summed E-state index contributed by atoms with van der Waals surface area (Å²) in [7, 11) is 0. The molecule has 55 heavy (non-hydrogen) atoms. The molecule has 1 atom stereocenters. The van der Waals surface area contributed by atoms with Gasteiger partial charge < -0.3 is 14.6 Å². The highest BCUT2D eigenvalue weighted by molar-refractivity contribution is 5.69. The van der Waals surface area contributed by atoms with E-state index in [0.717, 1.165) is 77.0 Å². The Bertz CT molecular complexity index is 985. The van der Waals surface area contributed by atoms with E-state index in [1.807, 2.05) is 0 Å². The third-order valence-electron chi connectivity index (χ3n) is 9.73. The molecule has 4 nitrogen and oxygen atoms in total. The van der Waals surface area contributed by atoms with E-state index in [-0.39, 0.29) is 19.2 Å². The van der Waals surface area contributed by atoms with Crippen molar-refractivity contribution in [2.24, 2.45) is 0 Å². The van der Waals surface area contributed by atoms with E-state index in [4.69, 9.17) is 9.47 Å². The van der Waals surface area contributed by atoms with E-state index in [9.17, 15) is 9.90 Å². The summed E-state index contributed by atoms with van der Waals surface area (Å²) in [6.45, 7) is 5.21. The summed E-state index contributed by atoms with van der Waals surface area (Å²) in [6, 6.07) is 0. The molecule has 0 heterocycles. The minimum atomic E-state index is -0.556. The monoisotopic (exact) mass is 765 g/mol. The van der Waals surface area contributed by atoms with Gasteiger partial charge in [0.2, 0.25) is 0 Å². The van der Waals surface area contributed by atoms with Crippen molar-refractivity contribution in [3.8, 4) is 0 Å². The van der Waals surface area contributed by atoms with Gasteiger partial charge in [-0.1, -0.05) is 214 Å². The molecule has 0 saturated carbocycles. The number of carbonyl (C=O) groups excluding carboxylic acids is 1. The lowest BCUT2D eigenvalue weighted by molar-refractivity contribution is -0.154. The van der Waals surface area contributed by atoms with Crippen LogP contribution in [-0.4, -0.2) is 37.0 Å². The summed E-state index contributed by atoms with van der Waals surface area (Å²) in [4.78, 5) is 12.2. The first-order valence-electron chi connectivity index (χ1n) is 23.2. The van der Waals surface area contributed by atoms with Gasteiger partial charge >= 0.3 is 5.97 Å². The Morgan fingerprint density at radius 1 is 0.455 bits per heavy atom. The molecule has 0 fully saturated rings. The number of esters is 1. The molecule has 0 aliphatic carbocycles. The Morgan fingerprint density at radius 3 is 1.22 bits per heavy atom. The van der Waals surface area contributed by atoms with E-state index in [2.05, 4.69) is 98.9 Å². The molecule has 1 unspecified atom stereocenters. The highest BCUT2D eigenvalue weighted by atomic mass is 16.6. The maximum absolute atomic E-state index is 12.2. The molecule has 1 N–H and O–H groups in total. The highest BCUT2D eigenvalue weighted by Gasteiger charge is 2.13. The fourth-order valence-corrected chi connectivity index (χ4v) is 6.31. The van der Waals surface area contributed by atoms with Crippen LogP contribution >= 0.6 is 0 Å². The summed E-state index contributed by atoms with van der Waals surface area (Å²) in [6.07, 6.45) is 66.5. The highest BCUT2D eigenvalue weighted by Crippen LogP contribution is 2.15. The van der Waals surface area contributed by atoms with E-state index in [0.29, 0.717) is 13.0 Å². The smallest absolute Gasteiger partial charge is 0.306 e. The van der Waals surface area contributed by atoms with Crippen molar-refractivity contribution in [3.05, 3.63) is 85.1 Å². The van der Waals surface area contributed by atoms with E-state index in [1.54, 1.807) is 0 Å². The van der Waals surface area contributed by atoms with E-state index in [1.165, 1.54) is 109 Å². The van der Waals surface area contributed by atoms with Crippen molar-refractivity contribution in [1.82, 2.24) is 0 Å². The normalized spacial score (nSPS) is 13.1. The molecule has 0 aromatic rings. The summed E-state index contributed by atoms with van der Waals surface area (Å²) in [5.74, 6) is -0.232. The molecule has 0 saturated heterocycles. The van der Waals surface area contributed by atoms with Crippen molar-refractivity contribution in [2.45, 2.75) is 213 Å². The minimum Gasteiger partial charge on any atom is -0.457 e. The van der Waals surface area contributed by atoms with Crippen LogP contribution in [0.4, 0.5) is 0 Å². The summed E-state index contributed by atoms with van der Waals surface area (Å²) in [5.41, 5.74) is 0. The number of hydrogen-bond acceptors (Lipinski definition) is 4. The SMILES string of the molecule is CC/C=C\C/C=C\C/C=C\C/C=C\C/C=C\C/C=C\C/C=C\CCCCCC(=O)OC(CO)COCCCCCCCCCCCCCCCCCCCC. The van der Waals surface area contributed by atoms with Crippen LogP contribution in [0, 0.1) is 0 Å². The molecular formula is C51H88O4. The number of aliphatic hydroxyl groups is 1. The lowest BCUT2D eigenvalue weighted by Gasteiger charge is -2.15. The lowest BCUT2D eigenvalue weighted by atomic mass is 10.0. The van der Waals surface area contributed by atoms with Crippen LogP contribution in [0.3, 0.4) is 0 Å². The number of rotatable bonds is 42. The second-order valence-electron chi connectivity index (χ2n) is 15.1. The second-order valence-corrected chi connectivity index (χ2v) is 15.1. The van der Waals surface area contributed by atoms with Crippen LogP contribution in [0.15, 0.2) is 85.1 Å². The largest absolute Gasteiger partial charge is 0.457 e. The zero-order chi connectivity index (χ0) is 39.8. The Labute approximate surface area is 341 Å². The molecular weight excluding hydrogens is 677 g/mol. The predicted octanol–water partition coefficient (Wildman–Crippen LogP) is 15.5. The second kappa shape index (κ2) is 47.7. The molecule has 0 aromatic heterocycles. The molecule has 0 spiro atoms. The molecule has 0 bridgehead atoms. The van der Waals surface area contributed by atoms with Crippen molar-refractivity contribution >= 4 is 5.97 Å². The van der Waals surface area contributed by atoms with Crippen LogP contribution in [0.25, 0.3) is 0 Å². The van der Waals surface area contributed by atoms with Gasteiger partial charge in [-0.3, -0.25) is 4.79 Å².